The van der Waals surface area contributed by atoms with E-state index in [0.717, 1.165) is 5.56 Å². The van der Waals surface area contributed by atoms with Crippen molar-refractivity contribution in [2.24, 2.45) is 5.92 Å². The predicted octanol–water partition coefficient (Wildman–Crippen LogP) is 2.89. The van der Waals surface area contributed by atoms with E-state index in [1.165, 1.54) is 25.9 Å². The van der Waals surface area contributed by atoms with Gasteiger partial charge < -0.3 is 25.0 Å². The predicted molar refractivity (Wildman–Crippen MR) is 123 cm³/mol. The number of hydrogen-bond acceptors (Lipinski definition) is 6. The number of methoxy groups -OCH3 is 1. The van der Waals surface area contributed by atoms with Gasteiger partial charge in [0.2, 0.25) is 11.8 Å². The minimum atomic E-state index is -1.05. The molecule has 2 atom stereocenters. The normalized spacial score (nSPS) is 16.2. The molecular formula is C24H27N3O6. The molecular weight excluding hydrogens is 426 g/mol. The summed E-state index contributed by atoms with van der Waals surface area (Å²) in [6.45, 7) is 4.93. The summed E-state index contributed by atoms with van der Waals surface area (Å²) in [7, 11) is 1.52. The fraction of sp³-hybridized carbons (Fsp3) is 0.333. The van der Waals surface area contributed by atoms with Crippen molar-refractivity contribution in [1.82, 2.24) is 0 Å². The molecule has 1 aliphatic rings. The van der Waals surface area contributed by atoms with E-state index in [1.807, 2.05) is 19.1 Å². The topological polar surface area (TPSA) is 114 Å². The van der Waals surface area contributed by atoms with E-state index in [1.54, 1.807) is 30.3 Å². The Bertz CT molecular complexity index is 1070. The summed E-state index contributed by atoms with van der Waals surface area (Å²) >= 11 is 0. The van der Waals surface area contributed by atoms with Gasteiger partial charge in [-0.05, 0) is 55.8 Å². The Morgan fingerprint density at radius 3 is 2.30 bits per heavy atom. The Kier molecular flexibility index (Phi) is 7.32. The van der Waals surface area contributed by atoms with Crippen LogP contribution >= 0.6 is 0 Å². The summed E-state index contributed by atoms with van der Waals surface area (Å²) in [5.41, 5.74) is 2.65. The number of rotatable bonds is 7. The van der Waals surface area contributed by atoms with Gasteiger partial charge in [0.1, 0.15) is 5.75 Å². The SMILES string of the molecule is COc1ccc(C)cc1N1C[C@@H](C(=O)O[C@H](C)C(=O)Nc2ccc(NC(C)=O)cc2)CC1=O. The molecule has 0 unspecified atom stereocenters. The third-order valence-corrected chi connectivity index (χ3v) is 5.22. The number of anilines is 3. The van der Waals surface area contributed by atoms with Crippen molar-refractivity contribution in [3.05, 3.63) is 48.0 Å². The standard InChI is InChI=1S/C24H27N3O6/c1-14-5-10-21(32-4)20(11-14)27-13-17(12-22(27)29)24(31)33-15(2)23(30)26-19-8-6-18(7-9-19)25-16(3)28/h5-11,15,17H,12-13H2,1-4H3,(H,25,28)(H,26,30)/t15-,17+/m1/s1. The van der Waals surface area contributed by atoms with Crippen molar-refractivity contribution < 1.29 is 28.7 Å². The summed E-state index contributed by atoms with van der Waals surface area (Å²) in [5, 5.41) is 5.29. The van der Waals surface area contributed by atoms with E-state index in [-0.39, 0.29) is 24.8 Å². The summed E-state index contributed by atoms with van der Waals surface area (Å²) < 4.78 is 10.7. The highest BCUT2D eigenvalue weighted by molar-refractivity contribution is 6.01. The maximum Gasteiger partial charge on any atom is 0.312 e. The highest BCUT2D eigenvalue weighted by Crippen LogP contribution is 2.34. The van der Waals surface area contributed by atoms with E-state index < -0.39 is 23.9 Å². The van der Waals surface area contributed by atoms with Gasteiger partial charge in [0.05, 0.1) is 18.7 Å². The van der Waals surface area contributed by atoms with Crippen LogP contribution < -0.4 is 20.3 Å². The number of amides is 3. The van der Waals surface area contributed by atoms with Crippen molar-refractivity contribution in [2.45, 2.75) is 33.3 Å². The lowest BCUT2D eigenvalue weighted by molar-refractivity contribution is -0.157. The van der Waals surface area contributed by atoms with Gasteiger partial charge >= 0.3 is 5.97 Å². The van der Waals surface area contributed by atoms with Crippen LogP contribution in [0.2, 0.25) is 0 Å². The monoisotopic (exact) mass is 453 g/mol. The number of nitrogens with one attached hydrogen (secondary N) is 2. The second kappa shape index (κ2) is 10.2. The molecule has 2 aromatic rings. The quantitative estimate of drug-likeness (QED) is 0.623. The molecule has 3 rings (SSSR count). The number of carbonyl (C=O) groups is 4. The average Bonchev–Trinajstić information content (AvgIpc) is 3.16. The molecule has 1 aliphatic heterocycles. The largest absolute Gasteiger partial charge is 0.495 e. The van der Waals surface area contributed by atoms with Crippen LogP contribution in [0.3, 0.4) is 0 Å². The Labute approximate surface area is 192 Å². The summed E-state index contributed by atoms with van der Waals surface area (Å²) in [5.74, 6) is -1.66. The summed E-state index contributed by atoms with van der Waals surface area (Å²) in [6.07, 6.45) is -1.06. The van der Waals surface area contributed by atoms with E-state index in [0.29, 0.717) is 22.8 Å². The van der Waals surface area contributed by atoms with E-state index in [9.17, 15) is 19.2 Å². The molecule has 2 N–H and O–H groups in total. The molecule has 0 radical (unpaired) electrons. The fourth-order valence-electron chi connectivity index (χ4n) is 3.52. The molecule has 0 spiro atoms. The van der Waals surface area contributed by atoms with Crippen LogP contribution in [0.1, 0.15) is 25.8 Å². The van der Waals surface area contributed by atoms with Crippen molar-refractivity contribution >= 4 is 40.8 Å². The van der Waals surface area contributed by atoms with Crippen LogP contribution in [0.5, 0.6) is 5.75 Å². The molecule has 174 valence electrons. The molecule has 3 amide bonds. The maximum atomic E-state index is 12.7. The van der Waals surface area contributed by atoms with Gasteiger partial charge in [0.15, 0.2) is 6.10 Å². The molecule has 1 saturated heterocycles. The fourth-order valence-corrected chi connectivity index (χ4v) is 3.52. The first-order chi connectivity index (χ1) is 15.7. The van der Waals surface area contributed by atoms with Gasteiger partial charge in [-0.1, -0.05) is 6.07 Å². The highest BCUT2D eigenvalue weighted by atomic mass is 16.5. The van der Waals surface area contributed by atoms with Crippen molar-refractivity contribution in [1.29, 1.82) is 0 Å². The molecule has 9 nitrogen and oxygen atoms in total. The van der Waals surface area contributed by atoms with Gasteiger partial charge in [-0.3, -0.25) is 19.2 Å². The minimum absolute atomic E-state index is 0.00508. The van der Waals surface area contributed by atoms with Crippen LogP contribution in [0, 0.1) is 12.8 Å². The van der Waals surface area contributed by atoms with Crippen LogP contribution in [0.15, 0.2) is 42.5 Å². The number of benzene rings is 2. The van der Waals surface area contributed by atoms with Crippen LogP contribution in [0.25, 0.3) is 0 Å². The van der Waals surface area contributed by atoms with Crippen molar-refractivity contribution in [2.75, 3.05) is 29.2 Å². The van der Waals surface area contributed by atoms with Gasteiger partial charge in [0, 0.05) is 31.3 Å². The first-order valence-corrected chi connectivity index (χ1v) is 10.5. The van der Waals surface area contributed by atoms with Gasteiger partial charge in [0.25, 0.3) is 5.91 Å². The van der Waals surface area contributed by atoms with Crippen LogP contribution in [-0.4, -0.2) is 43.4 Å². The number of hydrogen-bond donors (Lipinski definition) is 2. The van der Waals surface area contributed by atoms with Gasteiger partial charge in [-0.2, -0.15) is 0 Å². The molecule has 0 aromatic heterocycles. The Hall–Kier alpha value is -3.88. The molecule has 0 saturated carbocycles. The molecule has 1 heterocycles. The zero-order valence-electron chi connectivity index (χ0n) is 19.0. The zero-order valence-corrected chi connectivity index (χ0v) is 19.0. The Morgan fingerprint density at radius 1 is 1.06 bits per heavy atom. The Balaban J connectivity index is 1.58. The minimum Gasteiger partial charge on any atom is -0.495 e. The molecule has 0 aliphatic carbocycles. The number of nitrogens with zero attached hydrogens (tertiary/aromatic N) is 1. The molecule has 0 bridgehead atoms. The average molecular weight is 453 g/mol. The van der Waals surface area contributed by atoms with E-state index in [4.69, 9.17) is 9.47 Å². The lowest BCUT2D eigenvalue weighted by atomic mass is 10.1. The van der Waals surface area contributed by atoms with Crippen LogP contribution in [0.4, 0.5) is 17.1 Å². The Morgan fingerprint density at radius 2 is 1.70 bits per heavy atom. The molecule has 9 heteroatoms. The van der Waals surface area contributed by atoms with Crippen LogP contribution in [-0.2, 0) is 23.9 Å². The number of aryl methyl sites for hydroxylation is 1. The number of esters is 1. The van der Waals surface area contributed by atoms with Gasteiger partial charge in [-0.15, -0.1) is 0 Å². The third-order valence-electron chi connectivity index (χ3n) is 5.22. The van der Waals surface area contributed by atoms with Crippen molar-refractivity contribution in [3.8, 4) is 5.75 Å². The lowest BCUT2D eigenvalue weighted by Gasteiger charge is -2.20. The van der Waals surface area contributed by atoms with E-state index in [2.05, 4.69) is 10.6 Å². The second-order valence-electron chi connectivity index (χ2n) is 7.91. The summed E-state index contributed by atoms with van der Waals surface area (Å²) in [6, 6.07) is 12.0. The second-order valence-corrected chi connectivity index (χ2v) is 7.91. The van der Waals surface area contributed by atoms with E-state index >= 15 is 0 Å². The number of ether oxygens (including phenoxy) is 2. The molecule has 1 fully saturated rings. The number of carbonyl (C=O) groups excluding carboxylic acids is 4. The van der Waals surface area contributed by atoms with Gasteiger partial charge in [-0.25, -0.2) is 0 Å². The first-order valence-electron chi connectivity index (χ1n) is 10.5. The lowest BCUT2D eigenvalue weighted by Crippen LogP contribution is -2.33. The molecule has 33 heavy (non-hydrogen) atoms. The smallest absolute Gasteiger partial charge is 0.312 e. The molecule has 2 aromatic carbocycles. The first kappa shape index (κ1) is 23.8. The highest BCUT2D eigenvalue weighted by Gasteiger charge is 2.38. The van der Waals surface area contributed by atoms with Crippen molar-refractivity contribution in [3.63, 3.8) is 0 Å². The zero-order chi connectivity index (χ0) is 24.1. The summed E-state index contributed by atoms with van der Waals surface area (Å²) in [4.78, 5) is 50.3. The maximum absolute atomic E-state index is 12.7. The third kappa shape index (κ3) is 5.88.